The zero-order valence-electron chi connectivity index (χ0n) is 18.0. The molecule has 3 aromatic rings. The number of nitrogens with one attached hydrogen (secondary N) is 2. The first kappa shape index (κ1) is 23.8. The molecule has 0 saturated heterocycles. The number of aromatic nitrogens is 5. The fourth-order valence-electron chi connectivity index (χ4n) is 3.61. The van der Waals surface area contributed by atoms with Crippen LogP contribution >= 0.6 is 0 Å². The van der Waals surface area contributed by atoms with Crippen LogP contribution < -0.4 is 10.0 Å². The molecule has 3 aromatic heterocycles. The fraction of sp³-hybridized carbons (Fsp3) is 0.350. The van der Waals surface area contributed by atoms with Crippen molar-refractivity contribution in [3.8, 4) is 0 Å². The number of pyridine rings is 1. The second-order valence-electron chi connectivity index (χ2n) is 7.63. The Kier molecular flexibility index (Phi) is 6.95. The van der Waals surface area contributed by atoms with Crippen LogP contribution in [0.25, 0.3) is 0 Å². The Balaban J connectivity index is 1.50. The molecular weight excluding hydrogens is 466 g/mol. The molecule has 0 unspecified atom stereocenters. The van der Waals surface area contributed by atoms with Gasteiger partial charge in [0.15, 0.2) is 0 Å². The number of aliphatic hydroxyl groups is 2. The van der Waals surface area contributed by atoms with Crippen molar-refractivity contribution in [2.24, 2.45) is 0 Å². The summed E-state index contributed by atoms with van der Waals surface area (Å²) in [4.78, 5) is 25.1. The minimum atomic E-state index is -4.08. The molecule has 4 atom stereocenters. The molecule has 13 nitrogen and oxygen atoms in total. The Bertz CT molecular complexity index is 1250. The molecular formula is C20H23N7O6S. The number of aliphatic hydroxyl groups excluding tert-OH is 2. The topological polar surface area (TPSA) is 181 Å². The highest BCUT2D eigenvalue weighted by Gasteiger charge is 2.44. The van der Waals surface area contributed by atoms with Gasteiger partial charge in [0.2, 0.25) is 5.78 Å². The molecule has 0 radical (unpaired) electrons. The largest absolute Gasteiger partial charge is 0.388 e. The van der Waals surface area contributed by atoms with E-state index in [0.717, 1.165) is 5.56 Å². The van der Waals surface area contributed by atoms with Crippen LogP contribution in [0.3, 0.4) is 0 Å². The molecule has 4 N–H and O–H groups in total. The molecule has 4 rings (SSSR count). The lowest BCUT2D eigenvalue weighted by atomic mass is 10.1. The molecule has 34 heavy (non-hydrogen) atoms. The summed E-state index contributed by atoms with van der Waals surface area (Å²) in [6.07, 6.45) is 3.47. The Morgan fingerprint density at radius 3 is 2.71 bits per heavy atom. The summed E-state index contributed by atoms with van der Waals surface area (Å²) < 4.78 is 31.8. The second-order valence-corrected chi connectivity index (χ2v) is 9.14. The van der Waals surface area contributed by atoms with Gasteiger partial charge in [-0.1, -0.05) is 0 Å². The second kappa shape index (κ2) is 9.90. The van der Waals surface area contributed by atoms with E-state index in [9.17, 15) is 23.4 Å². The summed E-state index contributed by atoms with van der Waals surface area (Å²) in [5, 5.41) is 27.8. The molecule has 0 amide bonds. The van der Waals surface area contributed by atoms with Crippen LogP contribution in [0.4, 0.5) is 5.82 Å². The van der Waals surface area contributed by atoms with Crippen molar-refractivity contribution in [1.82, 2.24) is 29.5 Å². The molecule has 0 aliphatic heterocycles. The number of anilines is 1. The quantitative estimate of drug-likeness (QED) is 0.273. The maximum Gasteiger partial charge on any atom is 0.335 e. The van der Waals surface area contributed by atoms with E-state index in [-0.39, 0.29) is 23.5 Å². The van der Waals surface area contributed by atoms with Crippen molar-refractivity contribution < 1.29 is 27.6 Å². The predicted molar refractivity (Wildman–Crippen MR) is 118 cm³/mol. The summed E-state index contributed by atoms with van der Waals surface area (Å²) in [6.45, 7) is 0.454. The van der Waals surface area contributed by atoms with Gasteiger partial charge in [0.1, 0.15) is 36.2 Å². The zero-order valence-corrected chi connectivity index (χ0v) is 18.8. The third kappa shape index (κ3) is 5.26. The minimum absolute atomic E-state index is 0.0541. The van der Waals surface area contributed by atoms with Gasteiger partial charge in [-0.25, -0.2) is 9.97 Å². The smallest absolute Gasteiger partial charge is 0.335 e. The van der Waals surface area contributed by atoms with Gasteiger partial charge in [-0.3, -0.25) is 18.6 Å². The number of rotatable bonds is 9. The van der Waals surface area contributed by atoms with Crippen LogP contribution in [0.15, 0.2) is 49.3 Å². The van der Waals surface area contributed by atoms with E-state index in [2.05, 4.69) is 25.4 Å². The number of hydrogen-bond acceptors (Lipinski definition) is 11. The number of nitrogens with zero attached hydrogens (tertiary/aromatic N) is 5. The van der Waals surface area contributed by atoms with Crippen molar-refractivity contribution in [2.75, 3.05) is 12.4 Å². The van der Waals surface area contributed by atoms with Crippen molar-refractivity contribution in [3.05, 3.63) is 66.1 Å². The Morgan fingerprint density at radius 1 is 1.21 bits per heavy atom. The molecule has 1 fully saturated rings. The number of hydrogen-bond donors (Lipinski definition) is 4. The van der Waals surface area contributed by atoms with Crippen LogP contribution in [-0.4, -0.2) is 80.5 Å². The van der Waals surface area contributed by atoms with Gasteiger partial charge in [-0.2, -0.15) is 18.2 Å². The maximum absolute atomic E-state index is 13.1. The zero-order chi connectivity index (χ0) is 24.3. The van der Waals surface area contributed by atoms with E-state index < -0.39 is 40.4 Å². The molecule has 3 heterocycles. The van der Waals surface area contributed by atoms with E-state index in [1.807, 2.05) is 16.9 Å². The standard InChI is InChI=1S/C20H23N7O6S/c1-21-34(31,32)33-16-8-15(18(29)19(16)30)25-20-13(9-23-11-24-20)17(28)14-4-7-27(26-14)10-12-2-5-22-6-3-12/h2-7,9,11,15-16,18-19,21,29-30H,8,10H2,1H3,(H,23,24,25)/t15-,16-,18+,19+/m1/s1. The number of carbonyl (C=O) groups is 1. The maximum atomic E-state index is 13.1. The Hall–Kier alpha value is -3.30. The summed E-state index contributed by atoms with van der Waals surface area (Å²) in [7, 11) is -2.91. The molecule has 1 aliphatic carbocycles. The number of ketones is 1. The average Bonchev–Trinajstić information content (AvgIpc) is 3.40. The van der Waals surface area contributed by atoms with Crippen molar-refractivity contribution in [2.45, 2.75) is 37.3 Å². The Morgan fingerprint density at radius 2 is 1.97 bits per heavy atom. The van der Waals surface area contributed by atoms with Crippen LogP contribution in [0.5, 0.6) is 0 Å². The van der Waals surface area contributed by atoms with Crippen molar-refractivity contribution in [3.63, 3.8) is 0 Å². The average molecular weight is 490 g/mol. The highest BCUT2D eigenvalue weighted by Crippen LogP contribution is 2.28. The van der Waals surface area contributed by atoms with Crippen molar-refractivity contribution in [1.29, 1.82) is 0 Å². The summed E-state index contributed by atoms with van der Waals surface area (Å²) in [6, 6.07) is 4.42. The van der Waals surface area contributed by atoms with Gasteiger partial charge < -0.3 is 15.5 Å². The molecule has 1 saturated carbocycles. The fourth-order valence-corrected chi connectivity index (χ4v) is 4.22. The van der Waals surface area contributed by atoms with Crippen molar-refractivity contribution >= 4 is 21.9 Å². The first-order valence-corrected chi connectivity index (χ1v) is 11.7. The van der Waals surface area contributed by atoms with E-state index in [1.165, 1.54) is 19.6 Å². The lowest BCUT2D eigenvalue weighted by Gasteiger charge is -2.19. The molecule has 0 bridgehead atoms. The summed E-state index contributed by atoms with van der Waals surface area (Å²) >= 11 is 0. The first-order chi connectivity index (χ1) is 16.3. The van der Waals surface area contributed by atoms with Gasteiger partial charge in [-0.05, 0) is 23.8 Å². The van der Waals surface area contributed by atoms with E-state index >= 15 is 0 Å². The highest BCUT2D eigenvalue weighted by molar-refractivity contribution is 7.84. The van der Waals surface area contributed by atoms with Gasteiger partial charge in [0.05, 0.1) is 18.2 Å². The van der Waals surface area contributed by atoms with E-state index in [4.69, 9.17) is 4.18 Å². The molecule has 180 valence electrons. The summed E-state index contributed by atoms with van der Waals surface area (Å²) in [5.41, 5.74) is 1.24. The van der Waals surface area contributed by atoms with Crippen LogP contribution in [0.1, 0.15) is 28.0 Å². The van der Waals surface area contributed by atoms with E-state index in [0.29, 0.717) is 6.54 Å². The molecule has 1 aliphatic rings. The lowest BCUT2D eigenvalue weighted by molar-refractivity contribution is -0.00882. The van der Waals surface area contributed by atoms with Crippen LogP contribution in [-0.2, 0) is 21.0 Å². The van der Waals surface area contributed by atoms with Gasteiger partial charge in [0.25, 0.3) is 0 Å². The first-order valence-electron chi connectivity index (χ1n) is 10.3. The van der Waals surface area contributed by atoms with Gasteiger partial charge in [0, 0.05) is 38.3 Å². The summed E-state index contributed by atoms with van der Waals surface area (Å²) in [5.74, 6) is -0.341. The predicted octanol–water partition coefficient (Wildman–Crippen LogP) is -0.897. The van der Waals surface area contributed by atoms with Gasteiger partial charge in [-0.15, -0.1) is 0 Å². The third-order valence-corrected chi connectivity index (χ3v) is 6.38. The third-order valence-electron chi connectivity index (χ3n) is 5.38. The van der Waals surface area contributed by atoms with E-state index in [1.54, 1.807) is 29.3 Å². The SMILES string of the molecule is CNS(=O)(=O)O[C@@H]1C[C@@H](Nc2ncncc2C(=O)c2ccn(Cc3ccncc3)n2)[C@H](O)[C@H]1O. The lowest BCUT2D eigenvalue weighted by Crippen LogP contribution is -2.38. The number of carbonyl (C=O) groups excluding carboxylic acids is 1. The normalized spacial score (nSPS) is 22.6. The minimum Gasteiger partial charge on any atom is -0.388 e. The molecule has 0 aromatic carbocycles. The molecule has 14 heteroatoms. The molecule has 0 spiro atoms. The highest BCUT2D eigenvalue weighted by atomic mass is 32.2. The van der Waals surface area contributed by atoms with Crippen LogP contribution in [0, 0.1) is 0 Å². The van der Waals surface area contributed by atoms with Gasteiger partial charge >= 0.3 is 10.3 Å². The Labute approximate surface area is 195 Å². The van der Waals surface area contributed by atoms with Crippen LogP contribution in [0.2, 0.25) is 0 Å². The monoisotopic (exact) mass is 489 g/mol.